The molecule has 0 amide bonds. The largest absolute Gasteiger partial charge is 0.378 e. The molecule has 1 aliphatic rings. The van der Waals surface area contributed by atoms with Gasteiger partial charge in [0, 0.05) is 36.6 Å². The number of nitrogens with two attached hydrogens (primary N) is 1. The molecule has 1 aliphatic heterocycles. The number of hydrogen-bond acceptors (Lipinski definition) is 6. The van der Waals surface area contributed by atoms with Crippen molar-refractivity contribution in [2.45, 2.75) is 6.92 Å². The van der Waals surface area contributed by atoms with E-state index in [-0.39, 0.29) is 0 Å². The third-order valence-corrected chi connectivity index (χ3v) is 3.35. The van der Waals surface area contributed by atoms with Gasteiger partial charge in [-0.1, -0.05) is 6.07 Å². The average Bonchev–Trinajstić information content (AvgIpc) is 2.48. The first kappa shape index (κ1) is 12.8. The first-order valence-corrected chi connectivity index (χ1v) is 6.63. The molecule has 0 radical (unpaired) electrons. The molecular weight excluding hydrogens is 254 g/mol. The molecule has 3 rings (SSSR count). The van der Waals surface area contributed by atoms with E-state index in [1.165, 1.54) is 0 Å². The number of aryl methyl sites for hydroxylation is 1. The number of nitrogen functional groups attached to an aromatic ring is 1. The third-order valence-electron chi connectivity index (χ3n) is 3.35. The number of anilines is 2. The van der Waals surface area contributed by atoms with Crippen LogP contribution in [0.15, 0.2) is 24.5 Å². The summed E-state index contributed by atoms with van der Waals surface area (Å²) in [6, 6.07) is 3.92. The lowest BCUT2D eigenvalue weighted by Crippen LogP contribution is -2.37. The van der Waals surface area contributed by atoms with Crippen LogP contribution < -0.4 is 10.6 Å². The Labute approximate surface area is 117 Å². The maximum absolute atomic E-state index is 5.82. The van der Waals surface area contributed by atoms with Crippen LogP contribution in [0.2, 0.25) is 0 Å². The highest BCUT2D eigenvalue weighted by molar-refractivity contribution is 5.78. The SMILES string of the molecule is Cc1nc(N)nc(N2CCOCC2)c1-c1cccnc1. The molecular formula is C14H17N5O. The van der Waals surface area contributed by atoms with Gasteiger partial charge >= 0.3 is 0 Å². The number of hydrogen-bond donors (Lipinski definition) is 1. The van der Waals surface area contributed by atoms with E-state index in [0.717, 1.165) is 35.7 Å². The van der Waals surface area contributed by atoms with Gasteiger partial charge < -0.3 is 15.4 Å². The highest BCUT2D eigenvalue weighted by Gasteiger charge is 2.20. The van der Waals surface area contributed by atoms with E-state index in [2.05, 4.69) is 19.9 Å². The molecule has 2 aromatic heterocycles. The van der Waals surface area contributed by atoms with Crippen molar-refractivity contribution in [2.24, 2.45) is 0 Å². The fraction of sp³-hybridized carbons (Fsp3) is 0.357. The highest BCUT2D eigenvalue weighted by atomic mass is 16.5. The summed E-state index contributed by atoms with van der Waals surface area (Å²) in [5, 5.41) is 0. The third kappa shape index (κ3) is 2.42. The monoisotopic (exact) mass is 271 g/mol. The summed E-state index contributed by atoms with van der Waals surface area (Å²) in [7, 11) is 0. The molecule has 6 heteroatoms. The van der Waals surface area contributed by atoms with Crippen LogP contribution in [0, 0.1) is 6.92 Å². The zero-order valence-electron chi connectivity index (χ0n) is 11.4. The summed E-state index contributed by atoms with van der Waals surface area (Å²) < 4.78 is 5.40. The second kappa shape index (κ2) is 5.42. The zero-order valence-corrected chi connectivity index (χ0v) is 11.4. The Morgan fingerprint density at radius 1 is 1.25 bits per heavy atom. The van der Waals surface area contributed by atoms with Crippen molar-refractivity contribution in [3.63, 3.8) is 0 Å². The van der Waals surface area contributed by atoms with Gasteiger partial charge in [0.15, 0.2) is 0 Å². The molecule has 0 unspecified atom stereocenters. The summed E-state index contributed by atoms with van der Waals surface area (Å²) >= 11 is 0. The van der Waals surface area contributed by atoms with Crippen molar-refractivity contribution < 1.29 is 4.74 Å². The summed E-state index contributed by atoms with van der Waals surface area (Å²) in [4.78, 5) is 15.1. The Hall–Kier alpha value is -2.21. The van der Waals surface area contributed by atoms with E-state index < -0.39 is 0 Å². The van der Waals surface area contributed by atoms with E-state index in [0.29, 0.717) is 19.2 Å². The van der Waals surface area contributed by atoms with Crippen molar-refractivity contribution in [2.75, 3.05) is 36.9 Å². The average molecular weight is 271 g/mol. The summed E-state index contributed by atoms with van der Waals surface area (Å²) in [6.45, 7) is 4.97. The maximum Gasteiger partial charge on any atom is 0.222 e. The molecule has 1 saturated heterocycles. The number of pyridine rings is 1. The van der Waals surface area contributed by atoms with Crippen molar-refractivity contribution in [1.29, 1.82) is 0 Å². The van der Waals surface area contributed by atoms with E-state index in [9.17, 15) is 0 Å². The van der Waals surface area contributed by atoms with E-state index in [1.54, 1.807) is 6.20 Å². The molecule has 2 N–H and O–H groups in total. The predicted molar refractivity (Wildman–Crippen MR) is 77.4 cm³/mol. The fourth-order valence-electron chi connectivity index (χ4n) is 2.43. The normalized spacial score (nSPS) is 15.3. The van der Waals surface area contributed by atoms with Gasteiger partial charge in [-0.3, -0.25) is 4.98 Å². The summed E-state index contributed by atoms with van der Waals surface area (Å²) in [5.41, 5.74) is 8.69. The van der Waals surface area contributed by atoms with Crippen LogP contribution in [0.1, 0.15) is 5.69 Å². The predicted octanol–water partition coefficient (Wildman–Crippen LogP) is 1.27. The van der Waals surface area contributed by atoms with Gasteiger partial charge in [-0.25, -0.2) is 4.98 Å². The molecule has 0 atom stereocenters. The minimum atomic E-state index is 0.302. The molecule has 104 valence electrons. The van der Waals surface area contributed by atoms with Crippen LogP contribution in [-0.4, -0.2) is 41.3 Å². The van der Waals surface area contributed by atoms with Gasteiger partial charge in [0.25, 0.3) is 0 Å². The zero-order chi connectivity index (χ0) is 13.9. The first-order chi connectivity index (χ1) is 9.75. The van der Waals surface area contributed by atoms with Crippen molar-refractivity contribution >= 4 is 11.8 Å². The molecule has 20 heavy (non-hydrogen) atoms. The summed E-state index contributed by atoms with van der Waals surface area (Å²) in [5.74, 6) is 1.17. The lowest BCUT2D eigenvalue weighted by molar-refractivity contribution is 0.122. The molecule has 2 aromatic rings. The molecule has 1 fully saturated rings. The van der Waals surface area contributed by atoms with Crippen molar-refractivity contribution in [3.8, 4) is 11.1 Å². The molecule has 6 nitrogen and oxygen atoms in total. The molecule has 0 bridgehead atoms. The fourth-order valence-corrected chi connectivity index (χ4v) is 2.43. The second-order valence-corrected chi connectivity index (χ2v) is 4.71. The molecule has 3 heterocycles. The van der Waals surface area contributed by atoms with Gasteiger partial charge in [0.1, 0.15) is 5.82 Å². The van der Waals surface area contributed by atoms with E-state index >= 15 is 0 Å². The van der Waals surface area contributed by atoms with Gasteiger partial charge in [-0.05, 0) is 13.0 Å². The van der Waals surface area contributed by atoms with Gasteiger partial charge in [-0.2, -0.15) is 4.98 Å². The van der Waals surface area contributed by atoms with Crippen LogP contribution in [-0.2, 0) is 4.74 Å². The number of morpholine rings is 1. The van der Waals surface area contributed by atoms with E-state index in [1.807, 2.05) is 25.3 Å². The smallest absolute Gasteiger partial charge is 0.222 e. The van der Waals surface area contributed by atoms with Gasteiger partial charge in [0.05, 0.1) is 18.9 Å². The number of nitrogens with zero attached hydrogens (tertiary/aromatic N) is 4. The summed E-state index contributed by atoms with van der Waals surface area (Å²) in [6.07, 6.45) is 3.58. The molecule has 0 aliphatic carbocycles. The molecule has 0 spiro atoms. The van der Waals surface area contributed by atoms with Crippen molar-refractivity contribution in [3.05, 3.63) is 30.2 Å². The minimum Gasteiger partial charge on any atom is -0.378 e. The van der Waals surface area contributed by atoms with Gasteiger partial charge in [0.2, 0.25) is 5.95 Å². The van der Waals surface area contributed by atoms with E-state index in [4.69, 9.17) is 10.5 Å². The Balaban J connectivity index is 2.12. The second-order valence-electron chi connectivity index (χ2n) is 4.71. The standard InChI is InChI=1S/C14H17N5O/c1-10-12(11-3-2-4-16-9-11)13(18-14(15)17-10)19-5-7-20-8-6-19/h2-4,9H,5-8H2,1H3,(H2,15,17,18). The first-order valence-electron chi connectivity index (χ1n) is 6.63. The number of aromatic nitrogens is 3. The Bertz CT molecular complexity index is 596. The van der Waals surface area contributed by atoms with Crippen LogP contribution in [0.25, 0.3) is 11.1 Å². The Morgan fingerprint density at radius 3 is 2.75 bits per heavy atom. The topological polar surface area (TPSA) is 77.2 Å². The lowest BCUT2D eigenvalue weighted by atomic mass is 10.1. The van der Waals surface area contributed by atoms with Crippen LogP contribution in [0.4, 0.5) is 11.8 Å². The Kier molecular flexibility index (Phi) is 3.47. The van der Waals surface area contributed by atoms with Crippen LogP contribution in [0.3, 0.4) is 0 Å². The number of ether oxygens (including phenoxy) is 1. The number of rotatable bonds is 2. The minimum absolute atomic E-state index is 0.302. The molecule has 0 aromatic carbocycles. The van der Waals surface area contributed by atoms with Crippen LogP contribution >= 0.6 is 0 Å². The lowest BCUT2D eigenvalue weighted by Gasteiger charge is -2.30. The highest BCUT2D eigenvalue weighted by Crippen LogP contribution is 2.32. The van der Waals surface area contributed by atoms with Crippen molar-refractivity contribution in [1.82, 2.24) is 15.0 Å². The molecule has 0 saturated carbocycles. The quantitative estimate of drug-likeness (QED) is 0.886. The van der Waals surface area contributed by atoms with Gasteiger partial charge in [-0.15, -0.1) is 0 Å². The maximum atomic E-state index is 5.82. The Morgan fingerprint density at radius 2 is 2.05 bits per heavy atom. The van der Waals surface area contributed by atoms with Crippen LogP contribution in [0.5, 0.6) is 0 Å².